The van der Waals surface area contributed by atoms with Gasteiger partial charge < -0.3 is 19.7 Å². The Bertz CT molecular complexity index is 740. The first-order chi connectivity index (χ1) is 12.6. The van der Waals surface area contributed by atoms with E-state index in [-0.39, 0.29) is 5.91 Å². The van der Waals surface area contributed by atoms with E-state index in [1.54, 1.807) is 6.20 Å². The Kier molecular flexibility index (Phi) is 6.07. The number of morpholine rings is 1. The molecule has 0 spiro atoms. The molecule has 2 heterocycles. The molecular formula is C20H25N3O3. The van der Waals surface area contributed by atoms with Gasteiger partial charge in [-0.2, -0.15) is 0 Å². The van der Waals surface area contributed by atoms with Crippen molar-refractivity contribution in [3.63, 3.8) is 0 Å². The third-order valence-electron chi connectivity index (χ3n) is 4.51. The summed E-state index contributed by atoms with van der Waals surface area (Å²) in [5, 5.41) is 2.86. The molecule has 0 saturated carbocycles. The molecule has 26 heavy (non-hydrogen) atoms. The van der Waals surface area contributed by atoms with Gasteiger partial charge in [-0.25, -0.2) is 4.98 Å². The number of aromatic nitrogens is 1. The molecule has 1 aromatic heterocycles. The molecule has 3 rings (SSSR count). The van der Waals surface area contributed by atoms with Crippen molar-refractivity contribution in [2.24, 2.45) is 0 Å². The molecule has 1 aliphatic rings. The summed E-state index contributed by atoms with van der Waals surface area (Å²) in [6, 6.07) is 9.73. The number of anilines is 2. The molecule has 0 unspecified atom stereocenters. The lowest BCUT2D eigenvalue weighted by Crippen LogP contribution is -2.36. The van der Waals surface area contributed by atoms with Gasteiger partial charge in [-0.05, 0) is 43.2 Å². The van der Waals surface area contributed by atoms with E-state index in [1.807, 2.05) is 44.2 Å². The van der Waals surface area contributed by atoms with E-state index >= 15 is 0 Å². The average Bonchev–Trinajstić information content (AvgIpc) is 2.66. The highest BCUT2D eigenvalue weighted by atomic mass is 16.5. The first-order valence-electron chi connectivity index (χ1n) is 8.91. The highest BCUT2D eigenvalue weighted by molar-refractivity contribution is 5.90. The van der Waals surface area contributed by atoms with E-state index in [0.717, 1.165) is 43.4 Å². The van der Waals surface area contributed by atoms with E-state index in [4.69, 9.17) is 9.47 Å². The molecule has 1 saturated heterocycles. The number of ether oxygens (including phenoxy) is 2. The minimum atomic E-state index is -0.0868. The molecular weight excluding hydrogens is 330 g/mol. The number of rotatable bonds is 6. The molecule has 1 fully saturated rings. The molecule has 1 amide bonds. The number of pyridine rings is 1. The van der Waals surface area contributed by atoms with Crippen molar-refractivity contribution in [1.82, 2.24) is 4.98 Å². The Hall–Kier alpha value is -2.60. The van der Waals surface area contributed by atoms with Crippen LogP contribution in [0.25, 0.3) is 0 Å². The molecule has 1 aliphatic heterocycles. The fourth-order valence-electron chi connectivity index (χ4n) is 2.80. The number of benzene rings is 1. The highest BCUT2D eigenvalue weighted by Crippen LogP contribution is 2.20. The van der Waals surface area contributed by atoms with Gasteiger partial charge in [-0.1, -0.05) is 12.1 Å². The molecule has 0 radical (unpaired) electrons. The second kappa shape index (κ2) is 8.67. The van der Waals surface area contributed by atoms with Gasteiger partial charge in [0.15, 0.2) is 0 Å². The van der Waals surface area contributed by atoms with Crippen LogP contribution in [0.5, 0.6) is 5.75 Å². The zero-order valence-electron chi connectivity index (χ0n) is 15.3. The standard InChI is InChI=1S/C20H25N3O3/c1-15-4-3-5-18(16(15)2)26-11-8-20(24)22-17-6-7-19(21-14-17)23-9-12-25-13-10-23/h3-7,14H,8-13H2,1-2H3,(H,22,24). The summed E-state index contributed by atoms with van der Waals surface area (Å²) in [5.41, 5.74) is 2.98. The van der Waals surface area contributed by atoms with Crippen LogP contribution < -0.4 is 15.0 Å². The van der Waals surface area contributed by atoms with Gasteiger partial charge in [-0.15, -0.1) is 0 Å². The van der Waals surface area contributed by atoms with E-state index in [0.29, 0.717) is 18.7 Å². The number of hydrogen-bond acceptors (Lipinski definition) is 5. The van der Waals surface area contributed by atoms with Gasteiger partial charge in [0.25, 0.3) is 0 Å². The second-order valence-corrected chi connectivity index (χ2v) is 6.35. The smallest absolute Gasteiger partial charge is 0.227 e. The number of nitrogens with zero attached hydrogens (tertiary/aromatic N) is 2. The summed E-state index contributed by atoms with van der Waals surface area (Å²) < 4.78 is 11.1. The fraction of sp³-hybridized carbons (Fsp3) is 0.400. The molecule has 2 aromatic rings. The molecule has 1 N–H and O–H groups in total. The summed E-state index contributed by atoms with van der Waals surface area (Å²) in [6.45, 7) is 7.54. The van der Waals surface area contributed by atoms with Crippen molar-refractivity contribution >= 4 is 17.4 Å². The highest BCUT2D eigenvalue weighted by Gasteiger charge is 2.12. The third-order valence-corrected chi connectivity index (χ3v) is 4.51. The second-order valence-electron chi connectivity index (χ2n) is 6.35. The summed E-state index contributed by atoms with van der Waals surface area (Å²) in [7, 11) is 0. The zero-order chi connectivity index (χ0) is 18.4. The number of aryl methyl sites for hydroxylation is 1. The first kappa shape index (κ1) is 18.2. The minimum Gasteiger partial charge on any atom is -0.493 e. The summed E-state index contributed by atoms with van der Waals surface area (Å²) in [5.74, 6) is 1.65. The van der Waals surface area contributed by atoms with Gasteiger partial charge in [0.05, 0.1) is 38.1 Å². The Morgan fingerprint density at radius 1 is 1.23 bits per heavy atom. The number of nitrogens with one attached hydrogen (secondary N) is 1. The van der Waals surface area contributed by atoms with Gasteiger partial charge in [0.1, 0.15) is 11.6 Å². The van der Waals surface area contributed by atoms with Gasteiger partial charge >= 0.3 is 0 Å². The van der Waals surface area contributed by atoms with Crippen molar-refractivity contribution in [3.8, 4) is 5.75 Å². The van der Waals surface area contributed by atoms with E-state index in [9.17, 15) is 4.79 Å². The number of carbonyl (C=O) groups is 1. The van der Waals surface area contributed by atoms with Crippen LogP contribution in [-0.4, -0.2) is 43.8 Å². The monoisotopic (exact) mass is 355 g/mol. The van der Waals surface area contributed by atoms with Crippen LogP contribution in [0.15, 0.2) is 36.5 Å². The average molecular weight is 355 g/mol. The Morgan fingerprint density at radius 3 is 2.77 bits per heavy atom. The molecule has 6 nitrogen and oxygen atoms in total. The summed E-state index contributed by atoms with van der Waals surface area (Å²) in [4.78, 5) is 18.7. The van der Waals surface area contributed by atoms with Crippen molar-refractivity contribution in [2.75, 3.05) is 43.1 Å². The molecule has 0 atom stereocenters. The van der Waals surface area contributed by atoms with Gasteiger partial charge in [-0.3, -0.25) is 4.79 Å². The Morgan fingerprint density at radius 2 is 2.04 bits per heavy atom. The number of amides is 1. The zero-order valence-corrected chi connectivity index (χ0v) is 15.3. The van der Waals surface area contributed by atoms with E-state index in [1.165, 1.54) is 5.56 Å². The SMILES string of the molecule is Cc1cccc(OCCC(=O)Nc2ccc(N3CCOCC3)nc2)c1C. The molecule has 0 aliphatic carbocycles. The summed E-state index contributed by atoms with van der Waals surface area (Å²) >= 11 is 0. The van der Waals surface area contributed by atoms with Crippen molar-refractivity contribution in [2.45, 2.75) is 20.3 Å². The lowest BCUT2D eigenvalue weighted by atomic mass is 10.1. The Labute approximate surface area is 154 Å². The van der Waals surface area contributed by atoms with Crippen LogP contribution in [0.1, 0.15) is 17.5 Å². The van der Waals surface area contributed by atoms with Gasteiger partial charge in [0.2, 0.25) is 5.91 Å². The molecule has 6 heteroatoms. The lowest BCUT2D eigenvalue weighted by Gasteiger charge is -2.27. The van der Waals surface area contributed by atoms with Gasteiger partial charge in [0, 0.05) is 13.1 Å². The first-order valence-corrected chi connectivity index (χ1v) is 8.91. The molecule has 0 bridgehead atoms. The van der Waals surface area contributed by atoms with E-state index in [2.05, 4.69) is 15.2 Å². The third kappa shape index (κ3) is 4.73. The van der Waals surface area contributed by atoms with Crippen molar-refractivity contribution < 1.29 is 14.3 Å². The molecule has 1 aromatic carbocycles. The molecule has 138 valence electrons. The normalized spacial score (nSPS) is 14.2. The fourth-order valence-corrected chi connectivity index (χ4v) is 2.80. The predicted octanol–water partition coefficient (Wildman–Crippen LogP) is 2.94. The minimum absolute atomic E-state index is 0.0868. The van der Waals surface area contributed by atoms with Crippen LogP contribution in [0, 0.1) is 13.8 Å². The quantitative estimate of drug-likeness (QED) is 0.863. The number of hydrogen-bond donors (Lipinski definition) is 1. The van der Waals surface area contributed by atoms with Crippen molar-refractivity contribution in [3.05, 3.63) is 47.7 Å². The largest absolute Gasteiger partial charge is 0.493 e. The van der Waals surface area contributed by atoms with Crippen LogP contribution in [0.4, 0.5) is 11.5 Å². The van der Waals surface area contributed by atoms with Crippen LogP contribution in [0.2, 0.25) is 0 Å². The van der Waals surface area contributed by atoms with Crippen LogP contribution in [-0.2, 0) is 9.53 Å². The van der Waals surface area contributed by atoms with Crippen LogP contribution >= 0.6 is 0 Å². The lowest BCUT2D eigenvalue weighted by molar-refractivity contribution is -0.116. The maximum absolute atomic E-state index is 12.1. The Balaban J connectivity index is 1.46. The maximum Gasteiger partial charge on any atom is 0.227 e. The van der Waals surface area contributed by atoms with Crippen LogP contribution in [0.3, 0.4) is 0 Å². The topological polar surface area (TPSA) is 63.7 Å². The van der Waals surface area contributed by atoms with E-state index < -0.39 is 0 Å². The number of carbonyl (C=O) groups excluding carboxylic acids is 1. The van der Waals surface area contributed by atoms with Crippen molar-refractivity contribution in [1.29, 1.82) is 0 Å². The predicted molar refractivity (Wildman–Crippen MR) is 102 cm³/mol. The maximum atomic E-state index is 12.1. The summed E-state index contributed by atoms with van der Waals surface area (Å²) in [6.07, 6.45) is 1.98.